The predicted molar refractivity (Wildman–Crippen MR) is 70.8 cm³/mol. The Labute approximate surface area is 106 Å². The molecule has 17 heavy (non-hydrogen) atoms. The molecule has 0 spiro atoms. The highest BCUT2D eigenvalue weighted by Crippen LogP contribution is 2.16. The normalized spacial score (nSPS) is 10.5. The number of ether oxygens (including phenoxy) is 1. The fourth-order valence-electron chi connectivity index (χ4n) is 1.46. The molecule has 0 aliphatic heterocycles. The molecule has 0 atom stereocenters. The summed E-state index contributed by atoms with van der Waals surface area (Å²) in [4.78, 5) is 12.7. The van der Waals surface area contributed by atoms with E-state index in [0.29, 0.717) is 13.2 Å². The number of thiophene rings is 1. The van der Waals surface area contributed by atoms with Crippen molar-refractivity contribution in [3.63, 3.8) is 0 Å². The van der Waals surface area contributed by atoms with Crippen LogP contribution in [-0.2, 0) is 11.2 Å². The maximum Gasteiger partial charge on any atom is 0.261 e. The van der Waals surface area contributed by atoms with E-state index in [-0.39, 0.29) is 5.91 Å². The number of rotatable bonds is 8. The predicted octanol–water partition coefficient (Wildman–Crippen LogP) is 1.28. The van der Waals surface area contributed by atoms with Crippen molar-refractivity contribution in [3.8, 4) is 0 Å². The zero-order chi connectivity index (χ0) is 12.5. The summed E-state index contributed by atoms with van der Waals surface area (Å²) in [6.07, 6.45) is 0.901. The molecule has 96 valence electrons. The van der Waals surface area contributed by atoms with Crippen LogP contribution in [0.3, 0.4) is 0 Å². The topological polar surface area (TPSA) is 50.4 Å². The second-order valence-electron chi connectivity index (χ2n) is 3.63. The van der Waals surface area contributed by atoms with Gasteiger partial charge < -0.3 is 15.4 Å². The molecule has 0 fully saturated rings. The van der Waals surface area contributed by atoms with E-state index in [1.807, 2.05) is 11.4 Å². The van der Waals surface area contributed by atoms with Crippen molar-refractivity contribution in [1.29, 1.82) is 0 Å². The van der Waals surface area contributed by atoms with E-state index in [4.69, 9.17) is 4.74 Å². The van der Waals surface area contributed by atoms with Crippen LogP contribution in [0.25, 0.3) is 0 Å². The van der Waals surface area contributed by atoms with Gasteiger partial charge in [-0.05, 0) is 23.4 Å². The molecule has 1 aromatic heterocycles. The lowest BCUT2D eigenvalue weighted by molar-refractivity contribution is 0.0957. The van der Waals surface area contributed by atoms with Crippen molar-refractivity contribution in [2.24, 2.45) is 0 Å². The van der Waals surface area contributed by atoms with Crippen molar-refractivity contribution in [2.45, 2.75) is 13.3 Å². The Kier molecular flexibility index (Phi) is 6.84. The first-order valence-electron chi connectivity index (χ1n) is 5.83. The largest absolute Gasteiger partial charge is 0.383 e. The highest BCUT2D eigenvalue weighted by atomic mass is 32.1. The SMILES string of the molecule is CCc1ccsc1C(=O)NCCNCCOC. The number of carbonyl (C=O) groups excluding carboxylic acids is 1. The Balaban J connectivity index is 2.21. The maximum absolute atomic E-state index is 11.8. The van der Waals surface area contributed by atoms with Gasteiger partial charge in [0.05, 0.1) is 11.5 Å². The van der Waals surface area contributed by atoms with E-state index >= 15 is 0 Å². The zero-order valence-corrected chi connectivity index (χ0v) is 11.2. The molecule has 0 radical (unpaired) electrons. The Morgan fingerprint density at radius 2 is 2.24 bits per heavy atom. The molecule has 1 rings (SSSR count). The van der Waals surface area contributed by atoms with Crippen molar-refractivity contribution in [3.05, 3.63) is 21.9 Å². The molecule has 0 aliphatic rings. The van der Waals surface area contributed by atoms with Crippen molar-refractivity contribution >= 4 is 17.2 Å². The number of carbonyl (C=O) groups is 1. The molecule has 0 bridgehead atoms. The van der Waals surface area contributed by atoms with Crippen LogP contribution in [0.15, 0.2) is 11.4 Å². The second-order valence-corrected chi connectivity index (χ2v) is 4.54. The molecule has 0 aliphatic carbocycles. The second kappa shape index (κ2) is 8.22. The molecule has 4 nitrogen and oxygen atoms in total. The number of hydrogen-bond donors (Lipinski definition) is 2. The van der Waals surface area contributed by atoms with E-state index in [1.54, 1.807) is 7.11 Å². The third-order valence-electron chi connectivity index (χ3n) is 2.40. The van der Waals surface area contributed by atoms with Crippen LogP contribution in [0.4, 0.5) is 0 Å². The van der Waals surface area contributed by atoms with Gasteiger partial charge >= 0.3 is 0 Å². The van der Waals surface area contributed by atoms with Gasteiger partial charge in [0.1, 0.15) is 0 Å². The molecule has 0 unspecified atom stereocenters. The highest BCUT2D eigenvalue weighted by molar-refractivity contribution is 7.12. The third-order valence-corrected chi connectivity index (χ3v) is 3.36. The van der Waals surface area contributed by atoms with Gasteiger partial charge in [0.2, 0.25) is 0 Å². The lowest BCUT2D eigenvalue weighted by Gasteiger charge is -2.06. The van der Waals surface area contributed by atoms with Crippen LogP contribution in [0.2, 0.25) is 0 Å². The van der Waals surface area contributed by atoms with Gasteiger partial charge in [-0.3, -0.25) is 4.79 Å². The fourth-order valence-corrected chi connectivity index (χ4v) is 2.37. The minimum absolute atomic E-state index is 0.0328. The summed E-state index contributed by atoms with van der Waals surface area (Å²) in [5.41, 5.74) is 1.12. The van der Waals surface area contributed by atoms with Crippen LogP contribution in [0.1, 0.15) is 22.2 Å². The quantitative estimate of drug-likeness (QED) is 0.689. The molecular weight excluding hydrogens is 236 g/mol. The number of hydrogen-bond acceptors (Lipinski definition) is 4. The van der Waals surface area contributed by atoms with Gasteiger partial charge in [0.25, 0.3) is 5.91 Å². The molecule has 5 heteroatoms. The lowest BCUT2D eigenvalue weighted by Crippen LogP contribution is -2.33. The first-order chi connectivity index (χ1) is 8.29. The van der Waals surface area contributed by atoms with Gasteiger partial charge in [0, 0.05) is 26.7 Å². The smallest absolute Gasteiger partial charge is 0.261 e. The Hall–Kier alpha value is -0.910. The highest BCUT2D eigenvalue weighted by Gasteiger charge is 2.10. The van der Waals surface area contributed by atoms with Crippen LogP contribution >= 0.6 is 11.3 Å². The molecular formula is C12H20N2O2S. The summed E-state index contributed by atoms with van der Waals surface area (Å²) >= 11 is 1.50. The average molecular weight is 256 g/mol. The Bertz CT molecular complexity index is 339. The summed E-state index contributed by atoms with van der Waals surface area (Å²) < 4.78 is 4.91. The number of amides is 1. The van der Waals surface area contributed by atoms with E-state index in [9.17, 15) is 4.79 Å². The van der Waals surface area contributed by atoms with Gasteiger partial charge in [-0.25, -0.2) is 0 Å². The molecule has 1 amide bonds. The van der Waals surface area contributed by atoms with Crippen LogP contribution in [0, 0.1) is 0 Å². The summed E-state index contributed by atoms with van der Waals surface area (Å²) in [6.45, 7) is 4.97. The van der Waals surface area contributed by atoms with Gasteiger partial charge in [-0.1, -0.05) is 6.92 Å². The number of nitrogens with one attached hydrogen (secondary N) is 2. The number of aryl methyl sites for hydroxylation is 1. The molecule has 0 aromatic carbocycles. The zero-order valence-electron chi connectivity index (χ0n) is 10.4. The molecule has 2 N–H and O–H groups in total. The van der Waals surface area contributed by atoms with Crippen molar-refractivity contribution < 1.29 is 9.53 Å². The molecule has 1 aromatic rings. The van der Waals surface area contributed by atoms with Crippen molar-refractivity contribution in [2.75, 3.05) is 33.4 Å². The maximum atomic E-state index is 11.8. The van der Waals surface area contributed by atoms with Gasteiger partial charge in [-0.15, -0.1) is 11.3 Å². The van der Waals surface area contributed by atoms with Crippen LogP contribution < -0.4 is 10.6 Å². The third kappa shape index (κ3) is 4.85. The van der Waals surface area contributed by atoms with Crippen LogP contribution in [0.5, 0.6) is 0 Å². The van der Waals surface area contributed by atoms with Gasteiger partial charge in [-0.2, -0.15) is 0 Å². The Morgan fingerprint density at radius 1 is 1.41 bits per heavy atom. The number of methoxy groups -OCH3 is 1. The monoisotopic (exact) mass is 256 g/mol. The van der Waals surface area contributed by atoms with Crippen LogP contribution in [-0.4, -0.2) is 39.3 Å². The molecule has 0 saturated heterocycles. The van der Waals surface area contributed by atoms with E-state index in [2.05, 4.69) is 17.6 Å². The first-order valence-corrected chi connectivity index (χ1v) is 6.71. The summed E-state index contributed by atoms with van der Waals surface area (Å²) in [5.74, 6) is 0.0328. The average Bonchev–Trinajstić information content (AvgIpc) is 2.81. The first kappa shape index (κ1) is 14.2. The van der Waals surface area contributed by atoms with Gasteiger partial charge in [0.15, 0.2) is 0 Å². The minimum Gasteiger partial charge on any atom is -0.383 e. The Morgan fingerprint density at radius 3 is 2.94 bits per heavy atom. The summed E-state index contributed by atoms with van der Waals surface area (Å²) in [5, 5.41) is 8.05. The molecule has 0 saturated carbocycles. The summed E-state index contributed by atoms with van der Waals surface area (Å²) in [7, 11) is 1.67. The molecule has 1 heterocycles. The lowest BCUT2D eigenvalue weighted by atomic mass is 10.2. The van der Waals surface area contributed by atoms with E-state index in [1.165, 1.54) is 11.3 Å². The van der Waals surface area contributed by atoms with Crippen molar-refractivity contribution in [1.82, 2.24) is 10.6 Å². The van der Waals surface area contributed by atoms with E-state index in [0.717, 1.165) is 30.0 Å². The standard InChI is InChI=1S/C12H20N2O2S/c1-3-10-4-9-17-11(10)12(15)14-6-5-13-7-8-16-2/h4,9,13H,3,5-8H2,1-2H3,(H,14,15). The summed E-state index contributed by atoms with van der Waals surface area (Å²) in [6, 6.07) is 2.01. The minimum atomic E-state index is 0.0328. The fraction of sp³-hybridized carbons (Fsp3) is 0.583. The van der Waals surface area contributed by atoms with E-state index < -0.39 is 0 Å².